The van der Waals surface area contributed by atoms with Crippen molar-refractivity contribution in [3.8, 4) is 5.75 Å². The molecular weight excluding hydrogens is 408 g/mol. The van der Waals surface area contributed by atoms with Gasteiger partial charge in [-0.25, -0.2) is 0 Å². The van der Waals surface area contributed by atoms with E-state index in [1.807, 2.05) is 29.2 Å². The van der Waals surface area contributed by atoms with Crippen molar-refractivity contribution in [2.24, 2.45) is 0 Å². The zero-order chi connectivity index (χ0) is 22.6. The molecule has 5 rings (SSSR count). The molecular formula is C29H34N2O2. The van der Waals surface area contributed by atoms with Crippen LogP contribution in [0, 0.1) is 0 Å². The minimum absolute atomic E-state index is 0.110. The number of fused-ring (bicyclic) bond motifs is 2. The molecule has 0 aliphatic carbocycles. The third-order valence-corrected chi connectivity index (χ3v) is 7.28. The lowest BCUT2D eigenvalue weighted by atomic mass is 9.99. The molecule has 4 nitrogen and oxygen atoms in total. The SMILES string of the molecule is CC1CCCCN1CCCOc1ccc2cc(C(=O)N3CCc4ccccc4C3)ccc2c1. The van der Waals surface area contributed by atoms with E-state index in [4.69, 9.17) is 4.74 Å². The molecule has 1 unspecified atom stereocenters. The van der Waals surface area contributed by atoms with Gasteiger partial charge in [-0.1, -0.05) is 42.8 Å². The van der Waals surface area contributed by atoms with Gasteiger partial charge in [0, 0.05) is 31.2 Å². The maximum Gasteiger partial charge on any atom is 0.254 e. The van der Waals surface area contributed by atoms with Gasteiger partial charge in [0.05, 0.1) is 6.61 Å². The Kier molecular flexibility index (Phi) is 6.63. The molecule has 0 radical (unpaired) electrons. The van der Waals surface area contributed by atoms with Crippen LogP contribution in [-0.4, -0.2) is 48.0 Å². The highest BCUT2D eigenvalue weighted by Crippen LogP contribution is 2.25. The molecule has 172 valence electrons. The van der Waals surface area contributed by atoms with Gasteiger partial charge >= 0.3 is 0 Å². The molecule has 2 heterocycles. The lowest BCUT2D eigenvalue weighted by Crippen LogP contribution is -2.38. The Morgan fingerprint density at radius 2 is 1.79 bits per heavy atom. The number of nitrogens with zero attached hydrogens (tertiary/aromatic N) is 2. The van der Waals surface area contributed by atoms with Crippen molar-refractivity contribution in [3.63, 3.8) is 0 Å². The number of ether oxygens (including phenoxy) is 1. The van der Waals surface area contributed by atoms with E-state index in [9.17, 15) is 4.79 Å². The minimum Gasteiger partial charge on any atom is -0.494 e. The monoisotopic (exact) mass is 442 g/mol. The molecule has 0 saturated carbocycles. The zero-order valence-corrected chi connectivity index (χ0v) is 19.6. The van der Waals surface area contributed by atoms with Crippen LogP contribution in [0.2, 0.25) is 0 Å². The Labute approximate surface area is 197 Å². The molecule has 0 bridgehead atoms. The molecule has 2 aliphatic heterocycles. The number of benzene rings is 3. The van der Waals surface area contributed by atoms with Gasteiger partial charge in [-0.05, 0) is 85.3 Å². The first-order chi connectivity index (χ1) is 16.2. The van der Waals surface area contributed by atoms with Crippen molar-refractivity contribution in [3.05, 3.63) is 77.4 Å². The van der Waals surface area contributed by atoms with Gasteiger partial charge in [0.25, 0.3) is 5.91 Å². The molecule has 3 aromatic carbocycles. The number of hydrogen-bond donors (Lipinski definition) is 0. The van der Waals surface area contributed by atoms with Crippen molar-refractivity contribution in [1.82, 2.24) is 9.80 Å². The second-order valence-corrected chi connectivity index (χ2v) is 9.55. The summed E-state index contributed by atoms with van der Waals surface area (Å²) >= 11 is 0. The number of rotatable bonds is 6. The highest BCUT2D eigenvalue weighted by molar-refractivity contribution is 5.99. The van der Waals surface area contributed by atoms with Crippen LogP contribution in [0.5, 0.6) is 5.75 Å². The van der Waals surface area contributed by atoms with Gasteiger partial charge in [-0.15, -0.1) is 0 Å². The van der Waals surface area contributed by atoms with E-state index >= 15 is 0 Å². The topological polar surface area (TPSA) is 32.8 Å². The van der Waals surface area contributed by atoms with E-state index in [-0.39, 0.29) is 5.91 Å². The van der Waals surface area contributed by atoms with Crippen molar-refractivity contribution < 1.29 is 9.53 Å². The summed E-state index contributed by atoms with van der Waals surface area (Å²) in [5.74, 6) is 1.01. The van der Waals surface area contributed by atoms with E-state index in [2.05, 4.69) is 48.2 Å². The molecule has 1 fully saturated rings. The van der Waals surface area contributed by atoms with Gasteiger partial charge in [0.1, 0.15) is 5.75 Å². The van der Waals surface area contributed by atoms with E-state index in [0.717, 1.165) is 54.6 Å². The third kappa shape index (κ3) is 5.06. The summed E-state index contributed by atoms with van der Waals surface area (Å²) in [4.78, 5) is 17.7. The van der Waals surface area contributed by atoms with Gasteiger partial charge in [0.15, 0.2) is 0 Å². The first-order valence-electron chi connectivity index (χ1n) is 12.4. The number of carbonyl (C=O) groups is 1. The fourth-order valence-electron chi connectivity index (χ4n) is 5.25. The second-order valence-electron chi connectivity index (χ2n) is 9.55. The number of amides is 1. The molecule has 3 aromatic rings. The first kappa shape index (κ1) is 22.0. The maximum absolute atomic E-state index is 13.1. The average molecular weight is 443 g/mol. The van der Waals surface area contributed by atoms with Crippen molar-refractivity contribution in [1.29, 1.82) is 0 Å². The Hall–Kier alpha value is -2.85. The lowest BCUT2D eigenvalue weighted by Gasteiger charge is -2.33. The largest absolute Gasteiger partial charge is 0.494 e. The smallest absolute Gasteiger partial charge is 0.254 e. The summed E-state index contributed by atoms with van der Waals surface area (Å²) in [6.45, 7) is 6.88. The van der Waals surface area contributed by atoms with Crippen LogP contribution in [0.3, 0.4) is 0 Å². The number of carbonyl (C=O) groups excluding carboxylic acids is 1. The molecule has 0 spiro atoms. The molecule has 0 aromatic heterocycles. The van der Waals surface area contributed by atoms with E-state index < -0.39 is 0 Å². The highest BCUT2D eigenvalue weighted by atomic mass is 16.5. The lowest BCUT2D eigenvalue weighted by molar-refractivity contribution is 0.0735. The fraction of sp³-hybridized carbons (Fsp3) is 0.414. The molecule has 1 atom stereocenters. The Balaban J connectivity index is 1.19. The summed E-state index contributed by atoms with van der Waals surface area (Å²) in [7, 11) is 0. The number of hydrogen-bond acceptors (Lipinski definition) is 3. The normalized spacial score (nSPS) is 18.8. The van der Waals surface area contributed by atoms with Crippen LogP contribution >= 0.6 is 0 Å². The third-order valence-electron chi connectivity index (χ3n) is 7.28. The van der Waals surface area contributed by atoms with E-state index in [1.165, 1.54) is 36.9 Å². The predicted molar refractivity (Wildman–Crippen MR) is 134 cm³/mol. The molecule has 1 amide bonds. The molecule has 2 aliphatic rings. The summed E-state index contributed by atoms with van der Waals surface area (Å²) in [5.41, 5.74) is 3.37. The van der Waals surface area contributed by atoms with Crippen molar-refractivity contribution in [2.45, 2.75) is 51.6 Å². The van der Waals surface area contributed by atoms with Gasteiger partial charge < -0.3 is 14.5 Å². The van der Waals surface area contributed by atoms with Crippen LogP contribution < -0.4 is 4.74 Å². The summed E-state index contributed by atoms with van der Waals surface area (Å²) in [6, 6.07) is 21.3. The Morgan fingerprint density at radius 1 is 0.970 bits per heavy atom. The molecule has 0 N–H and O–H groups in total. The standard InChI is InChI=1S/C29H34N2O2/c1-22-7-4-5-15-30(22)16-6-18-33-28-13-12-24-19-26(11-10-25(24)20-28)29(32)31-17-14-23-8-2-3-9-27(23)21-31/h2-3,8-13,19-20,22H,4-7,14-18,21H2,1H3. The van der Waals surface area contributed by atoms with Crippen LogP contribution in [0.4, 0.5) is 0 Å². The summed E-state index contributed by atoms with van der Waals surface area (Å²) in [5, 5.41) is 2.19. The molecule has 33 heavy (non-hydrogen) atoms. The van der Waals surface area contributed by atoms with E-state index in [1.54, 1.807) is 0 Å². The van der Waals surface area contributed by atoms with Crippen LogP contribution in [0.15, 0.2) is 60.7 Å². The number of likely N-dealkylation sites (tertiary alicyclic amines) is 1. The maximum atomic E-state index is 13.1. The quantitative estimate of drug-likeness (QED) is 0.460. The van der Waals surface area contributed by atoms with Gasteiger partial charge in [-0.2, -0.15) is 0 Å². The van der Waals surface area contributed by atoms with Gasteiger partial charge in [0.2, 0.25) is 0 Å². The zero-order valence-electron chi connectivity index (χ0n) is 19.6. The summed E-state index contributed by atoms with van der Waals surface area (Å²) in [6.07, 6.45) is 5.98. The van der Waals surface area contributed by atoms with Crippen LogP contribution in [0.25, 0.3) is 10.8 Å². The number of piperidine rings is 1. The average Bonchev–Trinajstić information content (AvgIpc) is 2.86. The first-order valence-corrected chi connectivity index (χ1v) is 12.4. The van der Waals surface area contributed by atoms with Crippen molar-refractivity contribution in [2.75, 3.05) is 26.2 Å². The highest BCUT2D eigenvalue weighted by Gasteiger charge is 2.22. The predicted octanol–water partition coefficient (Wildman–Crippen LogP) is 5.68. The Morgan fingerprint density at radius 3 is 2.67 bits per heavy atom. The molecule has 1 saturated heterocycles. The minimum atomic E-state index is 0.110. The van der Waals surface area contributed by atoms with Gasteiger partial charge in [-0.3, -0.25) is 4.79 Å². The van der Waals surface area contributed by atoms with Crippen molar-refractivity contribution >= 4 is 16.7 Å². The van der Waals surface area contributed by atoms with Crippen LogP contribution in [0.1, 0.15) is 54.1 Å². The summed E-state index contributed by atoms with van der Waals surface area (Å²) < 4.78 is 6.04. The van der Waals surface area contributed by atoms with Crippen LogP contribution in [-0.2, 0) is 13.0 Å². The fourth-order valence-corrected chi connectivity index (χ4v) is 5.25. The molecule has 4 heteroatoms. The van der Waals surface area contributed by atoms with E-state index in [0.29, 0.717) is 12.6 Å². The Bertz CT molecular complexity index is 1130. The second kappa shape index (κ2) is 9.96.